The van der Waals surface area contributed by atoms with Crippen LogP contribution in [0.1, 0.15) is 28.3 Å². The van der Waals surface area contributed by atoms with Gasteiger partial charge in [0.05, 0.1) is 24.8 Å². The minimum absolute atomic E-state index is 0.000932. The van der Waals surface area contributed by atoms with Crippen molar-refractivity contribution in [2.45, 2.75) is 19.6 Å². The molecule has 8 nitrogen and oxygen atoms in total. The molecule has 0 bridgehead atoms. The van der Waals surface area contributed by atoms with Crippen molar-refractivity contribution in [3.05, 3.63) is 101 Å². The van der Waals surface area contributed by atoms with Gasteiger partial charge in [-0.05, 0) is 54.4 Å². The summed E-state index contributed by atoms with van der Waals surface area (Å²) >= 11 is 0. The first-order chi connectivity index (χ1) is 18.9. The van der Waals surface area contributed by atoms with Crippen molar-refractivity contribution in [3.63, 3.8) is 0 Å². The number of hydrogen-bond acceptors (Lipinski definition) is 7. The van der Waals surface area contributed by atoms with E-state index in [1.54, 1.807) is 36.4 Å². The van der Waals surface area contributed by atoms with Crippen LogP contribution in [-0.4, -0.2) is 71.1 Å². The first-order valence-electron chi connectivity index (χ1n) is 13.1. The molecule has 3 aromatic carbocycles. The maximum absolute atomic E-state index is 13.3. The van der Waals surface area contributed by atoms with E-state index in [0.717, 1.165) is 24.2 Å². The largest absolute Gasteiger partial charge is 0.508 e. The van der Waals surface area contributed by atoms with Gasteiger partial charge in [-0.25, -0.2) is 0 Å². The molecule has 3 aromatic rings. The number of aliphatic hydroxyl groups excluding tert-OH is 1. The summed E-state index contributed by atoms with van der Waals surface area (Å²) in [4.78, 5) is 30.1. The molecule has 1 amide bonds. The van der Waals surface area contributed by atoms with Crippen molar-refractivity contribution >= 4 is 17.4 Å². The van der Waals surface area contributed by atoms with E-state index in [-0.39, 0.29) is 17.1 Å². The van der Waals surface area contributed by atoms with E-state index in [2.05, 4.69) is 11.0 Å². The molecule has 0 unspecified atom stereocenters. The quantitative estimate of drug-likeness (QED) is 0.259. The number of phenols is 1. The van der Waals surface area contributed by atoms with Gasteiger partial charge in [-0.15, -0.1) is 0 Å². The second kappa shape index (κ2) is 11.7. The maximum atomic E-state index is 13.3. The molecule has 5 rings (SSSR count). The van der Waals surface area contributed by atoms with E-state index in [1.165, 1.54) is 17.0 Å². The fourth-order valence-corrected chi connectivity index (χ4v) is 5.06. The smallest absolute Gasteiger partial charge is 0.295 e. The third-order valence-electron chi connectivity index (χ3n) is 7.10. The highest BCUT2D eigenvalue weighted by molar-refractivity contribution is 6.46. The summed E-state index contributed by atoms with van der Waals surface area (Å²) in [6.07, 6.45) is 0. The number of nitrogens with zero attached hydrogens (tertiary/aromatic N) is 2. The van der Waals surface area contributed by atoms with Crippen molar-refractivity contribution in [1.29, 1.82) is 0 Å². The molecule has 0 radical (unpaired) electrons. The molecule has 0 spiro atoms. The number of Topliss-reactive ketones (excluding diaryl/α,β-unsaturated/α-hetero) is 1. The molecule has 202 valence electrons. The number of rotatable bonds is 8. The van der Waals surface area contributed by atoms with Crippen molar-refractivity contribution < 1.29 is 29.3 Å². The lowest BCUT2D eigenvalue weighted by Crippen LogP contribution is -2.42. The summed E-state index contributed by atoms with van der Waals surface area (Å²) in [5.74, 6) is -1.05. The summed E-state index contributed by atoms with van der Waals surface area (Å²) < 4.78 is 11.3. The minimum Gasteiger partial charge on any atom is -0.508 e. The van der Waals surface area contributed by atoms with Gasteiger partial charge in [0.2, 0.25) is 0 Å². The van der Waals surface area contributed by atoms with E-state index < -0.39 is 17.7 Å². The molecule has 39 heavy (non-hydrogen) atoms. The van der Waals surface area contributed by atoms with Gasteiger partial charge in [-0.3, -0.25) is 14.5 Å². The van der Waals surface area contributed by atoms with Gasteiger partial charge in [-0.2, -0.15) is 0 Å². The number of hydrogen-bond donors (Lipinski definition) is 2. The zero-order valence-corrected chi connectivity index (χ0v) is 21.9. The zero-order valence-electron chi connectivity index (χ0n) is 21.9. The van der Waals surface area contributed by atoms with Crippen LogP contribution >= 0.6 is 0 Å². The normalized spacial score (nSPS) is 19.4. The number of amides is 1. The minimum atomic E-state index is -0.824. The number of morpholine rings is 1. The Kier molecular flexibility index (Phi) is 7.95. The molecule has 2 heterocycles. The fourth-order valence-electron chi connectivity index (χ4n) is 5.06. The fraction of sp³-hybridized carbons (Fsp3) is 0.290. The summed E-state index contributed by atoms with van der Waals surface area (Å²) in [6, 6.07) is 20.5. The highest BCUT2D eigenvalue weighted by Crippen LogP contribution is 2.40. The van der Waals surface area contributed by atoms with Gasteiger partial charge in [-0.1, -0.05) is 42.0 Å². The standard InChI is InChI=1S/C31H32N2O6/c1-21-4-2-5-22(18-21)20-39-26-10-8-23(9-11-26)29(35)27-28(24-6-3-7-25(34)19-24)33(31(37)30(27)36)13-12-32-14-16-38-17-15-32/h2-11,18-19,28,34-35H,12-17,20H2,1H3/b29-27+/t28-/m1/s1. The third kappa shape index (κ3) is 5.97. The topological polar surface area (TPSA) is 99.5 Å². The molecule has 2 N–H and O–H groups in total. The zero-order chi connectivity index (χ0) is 27.4. The average Bonchev–Trinajstić information content (AvgIpc) is 3.20. The van der Waals surface area contributed by atoms with E-state index >= 15 is 0 Å². The summed E-state index contributed by atoms with van der Waals surface area (Å²) in [7, 11) is 0. The van der Waals surface area contributed by atoms with Crippen LogP contribution in [0, 0.1) is 6.92 Å². The first kappa shape index (κ1) is 26.5. The monoisotopic (exact) mass is 528 g/mol. The van der Waals surface area contributed by atoms with Crippen molar-refractivity contribution in [2.75, 3.05) is 39.4 Å². The number of aryl methyl sites for hydroxylation is 1. The molecule has 2 fully saturated rings. The molecule has 8 heteroatoms. The molecule has 2 saturated heterocycles. The lowest BCUT2D eigenvalue weighted by molar-refractivity contribution is -0.140. The van der Waals surface area contributed by atoms with Gasteiger partial charge >= 0.3 is 0 Å². The number of carbonyl (C=O) groups is 2. The van der Waals surface area contributed by atoms with Gasteiger partial charge in [0.15, 0.2) is 0 Å². The third-order valence-corrected chi connectivity index (χ3v) is 7.10. The van der Waals surface area contributed by atoms with E-state index in [1.807, 2.05) is 25.1 Å². The summed E-state index contributed by atoms with van der Waals surface area (Å²) in [6.45, 7) is 6.04. The van der Waals surface area contributed by atoms with Crippen LogP contribution in [0.2, 0.25) is 0 Å². The van der Waals surface area contributed by atoms with Gasteiger partial charge < -0.3 is 24.6 Å². The van der Waals surface area contributed by atoms with Crippen LogP contribution in [0.15, 0.2) is 78.4 Å². The Balaban J connectivity index is 1.41. The van der Waals surface area contributed by atoms with Crippen LogP contribution in [-0.2, 0) is 20.9 Å². The Hall–Kier alpha value is -4.14. The second-order valence-electron chi connectivity index (χ2n) is 9.84. The molecule has 2 aliphatic rings. The molecule has 1 atom stereocenters. The highest BCUT2D eigenvalue weighted by Gasteiger charge is 2.46. The Labute approximate surface area is 227 Å². The maximum Gasteiger partial charge on any atom is 0.295 e. The lowest BCUT2D eigenvalue weighted by Gasteiger charge is -2.31. The van der Waals surface area contributed by atoms with Crippen LogP contribution < -0.4 is 4.74 Å². The average molecular weight is 529 g/mol. The van der Waals surface area contributed by atoms with Gasteiger partial charge in [0.25, 0.3) is 11.7 Å². The van der Waals surface area contributed by atoms with E-state index in [9.17, 15) is 19.8 Å². The highest BCUT2D eigenvalue weighted by atomic mass is 16.5. The number of likely N-dealkylation sites (tertiary alicyclic amines) is 1. The summed E-state index contributed by atoms with van der Waals surface area (Å²) in [5, 5.41) is 21.5. The van der Waals surface area contributed by atoms with Crippen LogP contribution in [0.4, 0.5) is 0 Å². The number of aromatic hydroxyl groups is 1. The number of benzene rings is 3. The molecular formula is C31H32N2O6. The number of ether oxygens (including phenoxy) is 2. The number of aliphatic hydroxyl groups is 1. The van der Waals surface area contributed by atoms with Crippen molar-refractivity contribution in [1.82, 2.24) is 9.80 Å². The second-order valence-corrected chi connectivity index (χ2v) is 9.84. The molecule has 0 saturated carbocycles. The Morgan fingerprint density at radius 1 is 0.974 bits per heavy atom. The Morgan fingerprint density at radius 2 is 1.72 bits per heavy atom. The van der Waals surface area contributed by atoms with Gasteiger partial charge in [0.1, 0.15) is 23.9 Å². The molecule has 2 aliphatic heterocycles. The van der Waals surface area contributed by atoms with Crippen molar-refractivity contribution in [2.24, 2.45) is 0 Å². The van der Waals surface area contributed by atoms with Gasteiger partial charge in [0, 0.05) is 31.7 Å². The molecule has 0 aliphatic carbocycles. The summed E-state index contributed by atoms with van der Waals surface area (Å²) in [5.41, 5.74) is 3.15. The van der Waals surface area contributed by atoms with Crippen molar-refractivity contribution in [3.8, 4) is 11.5 Å². The van der Waals surface area contributed by atoms with E-state index in [4.69, 9.17) is 9.47 Å². The molecular weight excluding hydrogens is 496 g/mol. The predicted octanol–water partition coefficient (Wildman–Crippen LogP) is 4.03. The lowest BCUT2D eigenvalue weighted by atomic mass is 9.95. The van der Waals surface area contributed by atoms with E-state index in [0.29, 0.717) is 49.8 Å². The van der Waals surface area contributed by atoms with Crippen LogP contribution in [0.25, 0.3) is 5.76 Å². The number of ketones is 1. The molecule has 0 aromatic heterocycles. The SMILES string of the molecule is Cc1cccc(COc2ccc(/C(O)=C3\C(=O)C(=O)N(CCN4CCOCC4)[C@@H]3c3cccc(O)c3)cc2)c1. The predicted molar refractivity (Wildman–Crippen MR) is 146 cm³/mol. The first-order valence-corrected chi connectivity index (χ1v) is 13.1. The van der Waals surface area contributed by atoms with Crippen LogP contribution in [0.5, 0.6) is 11.5 Å². The van der Waals surface area contributed by atoms with Crippen LogP contribution in [0.3, 0.4) is 0 Å². The number of carbonyl (C=O) groups excluding carboxylic acids is 2. The Morgan fingerprint density at radius 3 is 2.44 bits per heavy atom. The number of phenolic OH excluding ortho intramolecular Hbond substituents is 1. The Bertz CT molecular complexity index is 1380.